The number of carbonyl (C=O) groups excluding carboxylic acids is 1. The Morgan fingerprint density at radius 1 is 0.933 bits per heavy atom. The molecule has 5 nitrogen and oxygen atoms in total. The number of anilines is 2. The summed E-state index contributed by atoms with van der Waals surface area (Å²) in [6.07, 6.45) is 0. The van der Waals surface area contributed by atoms with Gasteiger partial charge in [-0.2, -0.15) is 0 Å². The zero-order valence-corrected chi connectivity index (χ0v) is 17.3. The Balaban J connectivity index is 1.32. The second kappa shape index (κ2) is 9.46. The van der Waals surface area contributed by atoms with Gasteiger partial charge in [0.15, 0.2) is 12.3 Å². The molecular weight excluding hydrogens is 374 g/mol. The minimum absolute atomic E-state index is 0.0125. The fourth-order valence-electron chi connectivity index (χ4n) is 3.85. The number of hydrogen-bond donors (Lipinski definition) is 2. The highest BCUT2D eigenvalue weighted by atomic mass is 16.5. The molecule has 2 N–H and O–H groups in total. The number of benzene rings is 3. The van der Waals surface area contributed by atoms with Crippen LogP contribution < -0.4 is 19.9 Å². The van der Waals surface area contributed by atoms with Gasteiger partial charge in [-0.05, 0) is 42.8 Å². The van der Waals surface area contributed by atoms with Crippen molar-refractivity contribution in [1.82, 2.24) is 0 Å². The summed E-state index contributed by atoms with van der Waals surface area (Å²) >= 11 is 0. The maximum absolute atomic E-state index is 12.7. The SMILES string of the molecule is Cc1ccccc1N1CC[NH+](CC(=O)Nc2ccccc2Oc2ccccc2)CC1. The minimum Gasteiger partial charge on any atom is -0.455 e. The van der Waals surface area contributed by atoms with Crippen molar-refractivity contribution in [1.29, 1.82) is 0 Å². The normalized spacial score (nSPS) is 14.4. The fraction of sp³-hybridized carbons (Fsp3) is 0.240. The maximum Gasteiger partial charge on any atom is 0.279 e. The third kappa shape index (κ3) is 4.99. The number of aryl methyl sites for hydroxylation is 1. The molecule has 0 spiro atoms. The third-order valence-corrected chi connectivity index (χ3v) is 5.47. The zero-order chi connectivity index (χ0) is 20.8. The van der Waals surface area contributed by atoms with Gasteiger partial charge in [0.05, 0.1) is 31.9 Å². The molecule has 4 rings (SSSR count). The second-order valence-electron chi connectivity index (χ2n) is 7.66. The number of quaternary nitrogens is 1. The predicted octanol–water partition coefficient (Wildman–Crippen LogP) is 3.13. The number of nitrogens with zero attached hydrogens (tertiary/aromatic N) is 1. The van der Waals surface area contributed by atoms with E-state index in [0.29, 0.717) is 18.0 Å². The Morgan fingerprint density at radius 2 is 1.60 bits per heavy atom. The monoisotopic (exact) mass is 402 g/mol. The molecule has 1 aliphatic rings. The highest BCUT2D eigenvalue weighted by Gasteiger charge is 2.23. The Bertz CT molecular complexity index is 982. The summed E-state index contributed by atoms with van der Waals surface area (Å²) in [4.78, 5) is 16.4. The Morgan fingerprint density at radius 3 is 2.37 bits per heavy atom. The molecule has 1 saturated heterocycles. The first-order valence-electron chi connectivity index (χ1n) is 10.4. The average molecular weight is 403 g/mol. The van der Waals surface area contributed by atoms with Crippen molar-refractivity contribution in [2.24, 2.45) is 0 Å². The first-order valence-corrected chi connectivity index (χ1v) is 10.4. The lowest BCUT2D eigenvalue weighted by Crippen LogP contribution is -3.15. The van der Waals surface area contributed by atoms with Crippen molar-refractivity contribution >= 4 is 17.3 Å². The quantitative estimate of drug-likeness (QED) is 0.666. The van der Waals surface area contributed by atoms with Gasteiger partial charge in [-0.3, -0.25) is 4.79 Å². The van der Waals surface area contributed by atoms with E-state index in [4.69, 9.17) is 4.74 Å². The van der Waals surface area contributed by atoms with Gasteiger partial charge in [-0.1, -0.05) is 48.5 Å². The molecule has 0 bridgehead atoms. The fourth-order valence-corrected chi connectivity index (χ4v) is 3.85. The standard InChI is InChI=1S/C25H27N3O2/c1-20-9-5-7-13-23(20)28-17-15-27(16-18-28)19-25(29)26-22-12-6-8-14-24(22)30-21-10-3-2-4-11-21/h2-14H,15-19H2,1H3,(H,26,29)/p+1. The van der Waals surface area contributed by atoms with E-state index in [1.54, 1.807) is 0 Å². The number of rotatable bonds is 6. The van der Waals surface area contributed by atoms with Gasteiger partial charge in [0, 0.05) is 5.69 Å². The largest absolute Gasteiger partial charge is 0.455 e. The van der Waals surface area contributed by atoms with E-state index in [1.165, 1.54) is 16.2 Å². The summed E-state index contributed by atoms with van der Waals surface area (Å²) in [5.41, 5.74) is 3.30. The van der Waals surface area contributed by atoms with E-state index < -0.39 is 0 Å². The van der Waals surface area contributed by atoms with Gasteiger partial charge in [0.1, 0.15) is 5.75 Å². The van der Waals surface area contributed by atoms with Crippen molar-refractivity contribution in [3.63, 3.8) is 0 Å². The molecule has 1 amide bonds. The highest BCUT2D eigenvalue weighted by Crippen LogP contribution is 2.28. The minimum atomic E-state index is 0.0125. The summed E-state index contributed by atoms with van der Waals surface area (Å²) in [6.45, 7) is 6.43. The molecule has 5 heteroatoms. The van der Waals surface area contributed by atoms with Gasteiger partial charge in [0.25, 0.3) is 5.91 Å². The molecule has 0 unspecified atom stereocenters. The molecule has 1 fully saturated rings. The van der Waals surface area contributed by atoms with Crippen LogP contribution in [0.15, 0.2) is 78.9 Å². The summed E-state index contributed by atoms with van der Waals surface area (Å²) < 4.78 is 5.95. The van der Waals surface area contributed by atoms with Gasteiger partial charge in [-0.25, -0.2) is 0 Å². The molecule has 0 saturated carbocycles. The van der Waals surface area contributed by atoms with E-state index in [0.717, 1.165) is 31.9 Å². The Kier molecular flexibility index (Phi) is 6.30. The van der Waals surface area contributed by atoms with E-state index in [2.05, 4.69) is 41.4 Å². The van der Waals surface area contributed by atoms with Crippen LogP contribution in [0.3, 0.4) is 0 Å². The second-order valence-corrected chi connectivity index (χ2v) is 7.66. The molecule has 0 aromatic heterocycles. The van der Waals surface area contributed by atoms with Crippen molar-refractivity contribution in [3.05, 3.63) is 84.4 Å². The lowest BCUT2D eigenvalue weighted by atomic mass is 10.1. The number of ether oxygens (including phenoxy) is 1. The van der Waals surface area contributed by atoms with Crippen LogP contribution in [-0.2, 0) is 4.79 Å². The first kappa shape index (κ1) is 20.0. The van der Waals surface area contributed by atoms with Crippen molar-refractivity contribution in [2.45, 2.75) is 6.92 Å². The molecule has 3 aromatic carbocycles. The predicted molar refractivity (Wildman–Crippen MR) is 121 cm³/mol. The van der Waals surface area contributed by atoms with Crippen molar-refractivity contribution < 1.29 is 14.4 Å². The first-order chi connectivity index (χ1) is 14.7. The number of nitrogens with one attached hydrogen (secondary N) is 2. The Labute approximate surface area is 177 Å². The third-order valence-electron chi connectivity index (χ3n) is 5.47. The smallest absolute Gasteiger partial charge is 0.279 e. The van der Waals surface area contributed by atoms with Crippen LogP contribution in [0.5, 0.6) is 11.5 Å². The summed E-state index contributed by atoms with van der Waals surface area (Å²) in [5, 5.41) is 3.03. The molecule has 0 radical (unpaired) electrons. The summed E-state index contributed by atoms with van der Waals surface area (Å²) in [5.74, 6) is 1.41. The number of hydrogen-bond acceptors (Lipinski definition) is 3. The number of amides is 1. The maximum atomic E-state index is 12.7. The van der Waals surface area contributed by atoms with E-state index in [-0.39, 0.29) is 5.91 Å². The Hall–Kier alpha value is -3.31. The summed E-state index contributed by atoms with van der Waals surface area (Å²) in [7, 11) is 0. The molecule has 3 aromatic rings. The molecule has 0 aliphatic carbocycles. The highest BCUT2D eigenvalue weighted by molar-refractivity contribution is 5.93. The van der Waals surface area contributed by atoms with Gasteiger partial charge < -0.3 is 19.9 Å². The lowest BCUT2D eigenvalue weighted by Gasteiger charge is -2.34. The molecule has 154 valence electrons. The number of carbonyl (C=O) groups is 1. The van der Waals surface area contributed by atoms with Gasteiger partial charge in [0.2, 0.25) is 0 Å². The molecule has 0 atom stereocenters. The molecule has 1 aliphatic heterocycles. The van der Waals surface area contributed by atoms with Crippen LogP contribution in [0.4, 0.5) is 11.4 Å². The van der Waals surface area contributed by atoms with E-state index >= 15 is 0 Å². The van der Waals surface area contributed by atoms with Crippen LogP contribution in [0.1, 0.15) is 5.56 Å². The van der Waals surface area contributed by atoms with E-state index in [1.807, 2.05) is 54.6 Å². The van der Waals surface area contributed by atoms with Crippen LogP contribution in [0.25, 0.3) is 0 Å². The van der Waals surface area contributed by atoms with E-state index in [9.17, 15) is 4.79 Å². The topological polar surface area (TPSA) is 46.0 Å². The molecule has 30 heavy (non-hydrogen) atoms. The summed E-state index contributed by atoms with van der Waals surface area (Å²) in [6, 6.07) is 25.6. The number of para-hydroxylation sites is 4. The van der Waals surface area contributed by atoms with Gasteiger partial charge in [-0.15, -0.1) is 0 Å². The number of piperazine rings is 1. The van der Waals surface area contributed by atoms with Crippen LogP contribution in [0, 0.1) is 6.92 Å². The lowest BCUT2D eigenvalue weighted by molar-refractivity contribution is -0.892. The van der Waals surface area contributed by atoms with Crippen molar-refractivity contribution in [3.8, 4) is 11.5 Å². The molecule has 1 heterocycles. The molecular formula is C25H28N3O2+. The average Bonchev–Trinajstić information content (AvgIpc) is 2.77. The van der Waals surface area contributed by atoms with Crippen molar-refractivity contribution in [2.75, 3.05) is 42.9 Å². The van der Waals surface area contributed by atoms with Crippen LogP contribution in [0.2, 0.25) is 0 Å². The van der Waals surface area contributed by atoms with Crippen LogP contribution in [-0.4, -0.2) is 38.6 Å². The zero-order valence-electron chi connectivity index (χ0n) is 17.3. The van der Waals surface area contributed by atoms with Crippen LogP contribution >= 0.6 is 0 Å². The van der Waals surface area contributed by atoms with Gasteiger partial charge >= 0.3 is 0 Å².